The van der Waals surface area contributed by atoms with Gasteiger partial charge in [0.25, 0.3) is 0 Å². The van der Waals surface area contributed by atoms with Crippen molar-refractivity contribution in [2.24, 2.45) is 0 Å². The number of aliphatic hydroxyl groups is 1. The third kappa shape index (κ3) is 8.00. The zero-order chi connectivity index (χ0) is 27.0. The van der Waals surface area contributed by atoms with E-state index < -0.39 is 34.3 Å². The molecule has 0 aliphatic rings. The summed E-state index contributed by atoms with van der Waals surface area (Å²) in [7, 11) is -3.97. The van der Waals surface area contributed by atoms with E-state index >= 15 is 0 Å². The molecule has 0 unspecified atom stereocenters. The van der Waals surface area contributed by atoms with Crippen LogP contribution in [-0.4, -0.2) is 45.3 Å². The number of carbonyl (C=O) groups excluding carboxylic acids is 1. The fourth-order valence-electron chi connectivity index (χ4n) is 3.62. The van der Waals surface area contributed by atoms with Gasteiger partial charge in [-0.15, -0.1) is 0 Å². The topological polar surface area (TPSA) is 102 Å². The Morgan fingerprint density at radius 2 is 1.78 bits per heavy atom. The van der Waals surface area contributed by atoms with Crippen molar-refractivity contribution in [3.8, 4) is 5.75 Å². The summed E-state index contributed by atoms with van der Waals surface area (Å²) >= 11 is 5.98. The van der Waals surface area contributed by atoms with Crippen LogP contribution in [0.1, 0.15) is 31.1 Å². The lowest BCUT2D eigenvalue weighted by atomic mass is 10.1. The van der Waals surface area contributed by atoms with E-state index in [1.54, 1.807) is 43.3 Å². The average molecular weight is 550 g/mol. The molecular formula is C27H29ClFNO6S. The molecule has 0 saturated carbocycles. The average Bonchev–Trinajstić information content (AvgIpc) is 2.87. The molecule has 0 amide bonds. The summed E-state index contributed by atoms with van der Waals surface area (Å²) in [6.07, 6.45) is -0.111. The molecule has 3 rings (SSSR count). The van der Waals surface area contributed by atoms with Crippen LogP contribution in [-0.2, 0) is 25.8 Å². The van der Waals surface area contributed by atoms with E-state index in [0.717, 1.165) is 17.2 Å². The minimum absolute atomic E-state index is 0.00698. The third-order valence-electron chi connectivity index (χ3n) is 5.53. The molecule has 198 valence electrons. The number of sulfone groups is 1. The Morgan fingerprint density at radius 3 is 2.43 bits per heavy atom. The smallest absolute Gasteiger partial charge is 0.344 e. The standard InChI is InChI=1S/C27H29ClFNO6S/c1-3-35-27(32)17-36-26-12-11-23(15-24(26)29)37(33,34)22-9-7-19(8-10-22)13-18(2)30-16-25(31)20-5-4-6-21(28)14-20/h4-12,14-15,18,25,30-31H,3,13,16-17H2,1-2H3/t18-,25+/m1/s1. The molecule has 3 aromatic rings. The first kappa shape index (κ1) is 28.6. The van der Waals surface area contributed by atoms with E-state index in [-0.39, 0.29) is 28.2 Å². The second-order valence-corrected chi connectivity index (χ2v) is 10.8. The van der Waals surface area contributed by atoms with Crippen LogP contribution in [0.25, 0.3) is 0 Å². The minimum Gasteiger partial charge on any atom is -0.479 e. The van der Waals surface area contributed by atoms with E-state index in [0.29, 0.717) is 18.0 Å². The van der Waals surface area contributed by atoms with E-state index in [9.17, 15) is 22.7 Å². The number of nitrogens with one attached hydrogen (secondary N) is 1. The molecule has 0 fully saturated rings. The zero-order valence-corrected chi connectivity index (χ0v) is 22.1. The predicted octanol–water partition coefficient (Wildman–Crippen LogP) is 4.51. The normalized spacial score (nSPS) is 13.1. The summed E-state index contributed by atoms with van der Waals surface area (Å²) < 4.78 is 50.2. The van der Waals surface area contributed by atoms with E-state index in [1.165, 1.54) is 24.3 Å². The molecule has 0 spiro atoms. The van der Waals surface area contributed by atoms with Crippen molar-refractivity contribution in [2.75, 3.05) is 19.8 Å². The molecule has 0 saturated heterocycles. The van der Waals surface area contributed by atoms with Gasteiger partial charge in [0.05, 0.1) is 22.5 Å². The largest absolute Gasteiger partial charge is 0.479 e. The lowest BCUT2D eigenvalue weighted by Crippen LogP contribution is -2.32. The fraction of sp³-hybridized carbons (Fsp3) is 0.296. The maximum absolute atomic E-state index is 14.4. The van der Waals surface area contributed by atoms with Gasteiger partial charge in [0, 0.05) is 17.6 Å². The summed E-state index contributed by atoms with van der Waals surface area (Å²) in [4.78, 5) is 11.2. The van der Waals surface area contributed by atoms with Crippen molar-refractivity contribution in [3.63, 3.8) is 0 Å². The molecule has 37 heavy (non-hydrogen) atoms. The van der Waals surface area contributed by atoms with E-state index in [1.807, 2.05) is 6.92 Å². The van der Waals surface area contributed by atoms with Crippen molar-refractivity contribution >= 4 is 27.4 Å². The summed E-state index contributed by atoms with van der Waals surface area (Å²) in [6, 6.07) is 16.7. The first-order valence-electron chi connectivity index (χ1n) is 11.7. The van der Waals surface area contributed by atoms with Gasteiger partial charge in [-0.2, -0.15) is 0 Å². The lowest BCUT2D eigenvalue weighted by Gasteiger charge is -2.18. The maximum Gasteiger partial charge on any atom is 0.344 e. The Morgan fingerprint density at radius 1 is 1.08 bits per heavy atom. The fourth-order valence-corrected chi connectivity index (χ4v) is 5.09. The van der Waals surface area contributed by atoms with Crippen LogP contribution in [0.15, 0.2) is 76.5 Å². The predicted molar refractivity (Wildman–Crippen MR) is 138 cm³/mol. The molecule has 0 aliphatic heterocycles. The Kier molecular flexibility index (Phi) is 10.0. The molecule has 0 radical (unpaired) electrons. The number of aliphatic hydroxyl groups excluding tert-OH is 1. The molecule has 7 nitrogen and oxygen atoms in total. The van der Waals surface area contributed by atoms with Crippen LogP contribution >= 0.6 is 11.6 Å². The molecule has 0 bridgehead atoms. The molecule has 0 aliphatic carbocycles. The van der Waals surface area contributed by atoms with Crippen molar-refractivity contribution < 1.29 is 32.2 Å². The van der Waals surface area contributed by atoms with Crippen LogP contribution in [0, 0.1) is 5.82 Å². The number of hydrogen-bond donors (Lipinski definition) is 2. The third-order valence-corrected chi connectivity index (χ3v) is 7.54. The van der Waals surface area contributed by atoms with Crippen molar-refractivity contribution in [1.82, 2.24) is 5.32 Å². The lowest BCUT2D eigenvalue weighted by molar-refractivity contribution is -0.145. The first-order chi connectivity index (χ1) is 17.6. The molecule has 3 aromatic carbocycles. The van der Waals surface area contributed by atoms with Gasteiger partial charge in [-0.3, -0.25) is 0 Å². The number of halogens is 2. The first-order valence-corrected chi connectivity index (χ1v) is 13.5. The highest BCUT2D eigenvalue weighted by Gasteiger charge is 2.20. The number of carbonyl (C=O) groups is 1. The molecule has 10 heteroatoms. The highest BCUT2D eigenvalue weighted by Crippen LogP contribution is 2.26. The Hall–Kier alpha value is -2.98. The Labute approximate surface area is 221 Å². The molecule has 2 N–H and O–H groups in total. The van der Waals surface area contributed by atoms with Gasteiger partial charge in [0.15, 0.2) is 18.2 Å². The van der Waals surface area contributed by atoms with Gasteiger partial charge in [-0.05, 0) is 73.9 Å². The highest BCUT2D eigenvalue weighted by molar-refractivity contribution is 7.91. The SMILES string of the molecule is CCOC(=O)COc1ccc(S(=O)(=O)c2ccc(C[C@@H](C)NC[C@H](O)c3cccc(Cl)c3)cc2)cc1F. The van der Waals surface area contributed by atoms with Gasteiger partial charge in [0.1, 0.15) is 0 Å². The van der Waals surface area contributed by atoms with Crippen LogP contribution in [0.2, 0.25) is 5.02 Å². The van der Waals surface area contributed by atoms with Gasteiger partial charge in [0.2, 0.25) is 9.84 Å². The van der Waals surface area contributed by atoms with E-state index in [2.05, 4.69) is 5.32 Å². The van der Waals surface area contributed by atoms with Crippen LogP contribution in [0.4, 0.5) is 4.39 Å². The van der Waals surface area contributed by atoms with Crippen molar-refractivity contribution in [3.05, 3.63) is 88.7 Å². The maximum atomic E-state index is 14.4. The Balaban J connectivity index is 1.59. The van der Waals surface area contributed by atoms with E-state index in [4.69, 9.17) is 21.1 Å². The zero-order valence-electron chi connectivity index (χ0n) is 20.5. The van der Waals surface area contributed by atoms with Gasteiger partial charge in [-0.25, -0.2) is 17.6 Å². The van der Waals surface area contributed by atoms with Gasteiger partial charge >= 0.3 is 5.97 Å². The minimum atomic E-state index is -3.97. The Bertz CT molecular complexity index is 1320. The molecule has 0 heterocycles. The van der Waals surface area contributed by atoms with Crippen LogP contribution < -0.4 is 10.1 Å². The number of ether oxygens (including phenoxy) is 2. The second-order valence-electron chi connectivity index (χ2n) is 8.42. The van der Waals surface area contributed by atoms with Crippen molar-refractivity contribution in [1.29, 1.82) is 0 Å². The summed E-state index contributed by atoms with van der Waals surface area (Å²) in [5.41, 5.74) is 1.61. The van der Waals surface area contributed by atoms with Crippen LogP contribution in [0.5, 0.6) is 5.75 Å². The molecule has 2 atom stereocenters. The number of benzene rings is 3. The summed E-state index contributed by atoms with van der Waals surface area (Å²) in [6.45, 7) is 3.62. The van der Waals surface area contributed by atoms with Crippen molar-refractivity contribution in [2.45, 2.75) is 42.2 Å². The summed E-state index contributed by atoms with van der Waals surface area (Å²) in [5, 5.41) is 14.2. The van der Waals surface area contributed by atoms with Gasteiger partial charge in [-0.1, -0.05) is 35.9 Å². The van der Waals surface area contributed by atoms with Crippen LogP contribution in [0.3, 0.4) is 0 Å². The molecular weight excluding hydrogens is 521 g/mol. The quantitative estimate of drug-likeness (QED) is 0.320. The highest BCUT2D eigenvalue weighted by atomic mass is 35.5. The van der Waals surface area contributed by atoms with Gasteiger partial charge < -0.3 is 19.9 Å². The summed E-state index contributed by atoms with van der Waals surface area (Å²) in [5.74, 6) is -1.80. The number of esters is 1. The number of hydrogen-bond acceptors (Lipinski definition) is 7. The number of rotatable bonds is 12. The monoisotopic (exact) mass is 549 g/mol. The second kappa shape index (κ2) is 13.0. The molecule has 0 aromatic heterocycles.